The van der Waals surface area contributed by atoms with Gasteiger partial charge in [0.1, 0.15) is 0 Å². The number of hydrogen-bond acceptors (Lipinski definition) is 2. The summed E-state index contributed by atoms with van der Waals surface area (Å²) in [4.78, 5) is 0. The first-order chi connectivity index (χ1) is 6.88. The molecule has 1 saturated heterocycles. The normalized spacial score (nSPS) is 30.9. The molecule has 1 N–H and O–H groups in total. The fourth-order valence-corrected chi connectivity index (χ4v) is 3.73. The monoisotopic (exact) mass is 212 g/mol. The van der Waals surface area contributed by atoms with Crippen LogP contribution in [0.3, 0.4) is 0 Å². The van der Waals surface area contributed by atoms with Crippen LogP contribution < -0.4 is 0 Å². The molecule has 2 unspecified atom stereocenters. The maximum absolute atomic E-state index is 10.2. The molecular formula is C12H20OS. The van der Waals surface area contributed by atoms with Crippen molar-refractivity contribution in [3.05, 3.63) is 11.6 Å². The van der Waals surface area contributed by atoms with Gasteiger partial charge >= 0.3 is 0 Å². The van der Waals surface area contributed by atoms with Crippen molar-refractivity contribution in [3.8, 4) is 0 Å². The highest BCUT2D eigenvalue weighted by Gasteiger charge is 2.26. The van der Waals surface area contributed by atoms with Crippen molar-refractivity contribution in [2.75, 3.05) is 5.75 Å². The fourth-order valence-electron chi connectivity index (χ4n) is 2.40. The highest BCUT2D eigenvalue weighted by molar-refractivity contribution is 8.00. The zero-order valence-corrected chi connectivity index (χ0v) is 9.56. The maximum atomic E-state index is 10.2. The lowest BCUT2D eigenvalue weighted by Crippen LogP contribution is -2.22. The summed E-state index contributed by atoms with van der Waals surface area (Å²) in [6.07, 6.45) is 10.9. The second-order valence-corrected chi connectivity index (χ2v) is 5.72. The van der Waals surface area contributed by atoms with E-state index in [1.54, 1.807) is 0 Å². The number of hydrogen-bond donors (Lipinski definition) is 1. The lowest BCUT2D eigenvalue weighted by molar-refractivity contribution is 0.201. The topological polar surface area (TPSA) is 20.2 Å². The molecule has 0 amide bonds. The van der Waals surface area contributed by atoms with Gasteiger partial charge in [-0.3, -0.25) is 0 Å². The first-order valence-electron chi connectivity index (χ1n) is 5.86. The summed E-state index contributed by atoms with van der Waals surface area (Å²) in [6, 6.07) is 0. The van der Waals surface area contributed by atoms with Crippen LogP contribution >= 0.6 is 11.8 Å². The molecule has 0 radical (unpaired) electrons. The van der Waals surface area contributed by atoms with Crippen molar-refractivity contribution < 1.29 is 5.11 Å². The van der Waals surface area contributed by atoms with E-state index in [4.69, 9.17) is 0 Å². The number of thioether (sulfide) groups is 1. The Balaban J connectivity index is 1.94. The molecule has 0 aromatic rings. The SMILES string of the molecule is OC(C1=CCCCCC1)C1CCCS1. The van der Waals surface area contributed by atoms with Crippen LogP contribution in [0.25, 0.3) is 0 Å². The summed E-state index contributed by atoms with van der Waals surface area (Å²) in [5.41, 5.74) is 1.34. The zero-order chi connectivity index (χ0) is 9.80. The van der Waals surface area contributed by atoms with Gasteiger partial charge in [0.15, 0.2) is 0 Å². The van der Waals surface area contributed by atoms with E-state index in [2.05, 4.69) is 6.08 Å². The highest BCUT2D eigenvalue weighted by Crippen LogP contribution is 2.33. The summed E-state index contributed by atoms with van der Waals surface area (Å²) in [6.45, 7) is 0. The molecule has 1 fully saturated rings. The molecule has 0 saturated carbocycles. The number of aliphatic hydroxyl groups excluding tert-OH is 1. The standard InChI is InChI=1S/C12H20OS/c13-12(11-8-5-9-14-11)10-6-3-1-2-4-7-10/h6,11-13H,1-5,7-9H2. The molecule has 2 rings (SSSR count). The Labute approximate surface area is 91.0 Å². The van der Waals surface area contributed by atoms with Gasteiger partial charge in [0.05, 0.1) is 6.10 Å². The molecule has 0 spiro atoms. The minimum Gasteiger partial charge on any atom is -0.388 e. The van der Waals surface area contributed by atoms with Gasteiger partial charge in [-0.25, -0.2) is 0 Å². The van der Waals surface area contributed by atoms with Crippen LogP contribution in [0.1, 0.15) is 44.9 Å². The first kappa shape index (κ1) is 10.6. The summed E-state index contributed by atoms with van der Waals surface area (Å²) >= 11 is 1.96. The van der Waals surface area contributed by atoms with Crippen LogP contribution in [-0.4, -0.2) is 22.2 Å². The maximum Gasteiger partial charge on any atom is 0.0868 e. The zero-order valence-electron chi connectivity index (χ0n) is 8.74. The van der Waals surface area contributed by atoms with E-state index in [1.165, 1.54) is 49.9 Å². The fraction of sp³-hybridized carbons (Fsp3) is 0.833. The van der Waals surface area contributed by atoms with E-state index in [0.29, 0.717) is 5.25 Å². The molecule has 1 aliphatic carbocycles. The average molecular weight is 212 g/mol. The van der Waals surface area contributed by atoms with E-state index < -0.39 is 0 Å². The van der Waals surface area contributed by atoms with E-state index in [9.17, 15) is 5.11 Å². The van der Waals surface area contributed by atoms with Crippen LogP contribution in [0, 0.1) is 0 Å². The Hall–Kier alpha value is 0.0500. The van der Waals surface area contributed by atoms with E-state index in [-0.39, 0.29) is 6.10 Å². The first-order valence-corrected chi connectivity index (χ1v) is 6.91. The Bertz CT molecular complexity index is 206. The second kappa shape index (κ2) is 5.22. The van der Waals surface area contributed by atoms with Gasteiger partial charge in [-0.05, 0) is 49.9 Å². The number of aliphatic hydroxyl groups is 1. The lowest BCUT2D eigenvalue weighted by atomic mass is 10.00. The largest absolute Gasteiger partial charge is 0.388 e. The van der Waals surface area contributed by atoms with E-state index in [1.807, 2.05) is 11.8 Å². The molecule has 80 valence electrons. The van der Waals surface area contributed by atoms with Gasteiger partial charge in [0, 0.05) is 5.25 Å². The predicted molar refractivity (Wildman–Crippen MR) is 62.7 cm³/mol. The molecule has 0 aromatic carbocycles. The Morgan fingerprint density at radius 2 is 2.21 bits per heavy atom. The highest BCUT2D eigenvalue weighted by atomic mass is 32.2. The average Bonchev–Trinajstić information content (AvgIpc) is 2.59. The summed E-state index contributed by atoms with van der Waals surface area (Å²) in [5.74, 6) is 1.25. The van der Waals surface area contributed by atoms with Crippen LogP contribution in [0.15, 0.2) is 11.6 Å². The third kappa shape index (κ3) is 2.54. The molecule has 1 nitrogen and oxygen atoms in total. The van der Waals surface area contributed by atoms with Gasteiger partial charge in [-0.15, -0.1) is 0 Å². The van der Waals surface area contributed by atoms with Gasteiger partial charge in [0.25, 0.3) is 0 Å². The Morgan fingerprint density at radius 3 is 3.00 bits per heavy atom. The van der Waals surface area contributed by atoms with Crippen LogP contribution in [0.5, 0.6) is 0 Å². The summed E-state index contributed by atoms with van der Waals surface area (Å²) < 4.78 is 0. The number of allylic oxidation sites excluding steroid dienone is 1. The Kier molecular flexibility index (Phi) is 3.94. The van der Waals surface area contributed by atoms with Gasteiger partial charge in [0.2, 0.25) is 0 Å². The van der Waals surface area contributed by atoms with Crippen molar-refractivity contribution in [3.63, 3.8) is 0 Å². The third-order valence-electron chi connectivity index (χ3n) is 3.27. The minimum absolute atomic E-state index is 0.138. The smallest absolute Gasteiger partial charge is 0.0868 e. The van der Waals surface area contributed by atoms with Crippen molar-refractivity contribution in [1.29, 1.82) is 0 Å². The Morgan fingerprint density at radius 1 is 1.29 bits per heavy atom. The van der Waals surface area contributed by atoms with Crippen LogP contribution in [0.4, 0.5) is 0 Å². The van der Waals surface area contributed by atoms with Crippen molar-refractivity contribution >= 4 is 11.8 Å². The second-order valence-electron chi connectivity index (χ2n) is 4.37. The van der Waals surface area contributed by atoms with Crippen LogP contribution in [0.2, 0.25) is 0 Å². The third-order valence-corrected chi connectivity index (χ3v) is 4.72. The molecule has 2 atom stereocenters. The molecule has 14 heavy (non-hydrogen) atoms. The number of rotatable bonds is 2. The predicted octanol–water partition coefficient (Wildman–Crippen LogP) is 3.13. The molecular weight excluding hydrogens is 192 g/mol. The summed E-state index contributed by atoms with van der Waals surface area (Å²) in [7, 11) is 0. The lowest BCUT2D eigenvalue weighted by Gasteiger charge is -2.19. The molecule has 1 heterocycles. The molecule has 0 bridgehead atoms. The van der Waals surface area contributed by atoms with E-state index >= 15 is 0 Å². The molecule has 2 heteroatoms. The summed E-state index contributed by atoms with van der Waals surface area (Å²) in [5, 5.41) is 10.7. The van der Waals surface area contributed by atoms with Crippen molar-refractivity contribution in [2.45, 2.75) is 56.3 Å². The van der Waals surface area contributed by atoms with Gasteiger partial charge in [-0.2, -0.15) is 11.8 Å². The van der Waals surface area contributed by atoms with Crippen molar-refractivity contribution in [2.24, 2.45) is 0 Å². The van der Waals surface area contributed by atoms with Gasteiger partial charge in [-0.1, -0.05) is 12.5 Å². The minimum atomic E-state index is -0.138. The van der Waals surface area contributed by atoms with Gasteiger partial charge < -0.3 is 5.11 Å². The van der Waals surface area contributed by atoms with Crippen LogP contribution in [-0.2, 0) is 0 Å². The molecule has 0 aromatic heterocycles. The molecule has 2 aliphatic rings. The van der Waals surface area contributed by atoms with E-state index in [0.717, 1.165) is 6.42 Å². The quantitative estimate of drug-likeness (QED) is 0.710. The van der Waals surface area contributed by atoms with Crippen molar-refractivity contribution in [1.82, 2.24) is 0 Å². The molecule has 1 aliphatic heterocycles.